The maximum Gasteiger partial charge on any atom is 0.0385 e. The second-order valence-electron chi connectivity index (χ2n) is 4.98. The van der Waals surface area contributed by atoms with Crippen molar-refractivity contribution >= 4 is 10.8 Å². The molecule has 1 saturated heterocycles. The zero-order chi connectivity index (χ0) is 10.8. The van der Waals surface area contributed by atoms with E-state index < -0.39 is 10.8 Å². The molecule has 1 aliphatic heterocycles. The number of piperazine rings is 1. The molecule has 3 unspecified atom stereocenters. The van der Waals surface area contributed by atoms with Gasteiger partial charge in [-0.3, -0.25) is 9.11 Å². The zero-order valence-electron chi connectivity index (χ0n) is 9.74. The van der Waals surface area contributed by atoms with Gasteiger partial charge in [0.25, 0.3) is 0 Å². The monoisotopic (exact) mass is 230 g/mol. The summed E-state index contributed by atoms with van der Waals surface area (Å²) in [6.45, 7) is 5.57. The van der Waals surface area contributed by atoms with Crippen molar-refractivity contribution < 1.29 is 4.21 Å². The third-order valence-electron chi connectivity index (χ3n) is 3.53. The molecule has 3 atom stereocenters. The molecular weight excluding hydrogens is 208 g/mol. The normalized spacial score (nSPS) is 32.5. The predicted octanol–water partition coefficient (Wildman–Crippen LogP) is 0.437. The lowest BCUT2D eigenvalue weighted by molar-refractivity contribution is 0.155. The van der Waals surface area contributed by atoms with Crippen LogP contribution in [-0.2, 0) is 10.8 Å². The van der Waals surface area contributed by atoms with Gasteiger partial charge >= 0.3 is 0 Å². The first-order valence-electron chi connectivity index (χ1n) is 5.94. The Hall–Kier alpha value is 0.0700. The van der Waals surface area contributed by atoms with Gasteiger partial charge in [-0.25, -0.2) is 0 Å². The van der Waals surface area contributed by atoms with E-state index in [1.165, 1.54) is 12.8 Å². The van der Waals surface area contributed by atoms with E-state index in [1.807, 2.05) is 0 Å². The van der Waals surface area contributed by atoms with Crippen LogP contribution in [0.5, 0.6) is 0 Å². The van der Waals surface area contributed by atoms with Crippen molar-refractivity contribution in [2.75, 3.05) is 31.6 Å². The number of nitrogens with one attached hydrogen (secondary N) is 1. The van der Waals surface area contributed by atoms with Gasteiger partial charge < -0.3 is 5.32 Å². The largest absolute Gasteiger partial charge is 0.311 e. The molecule has 2 rings (SSSR count). The van der Waals surface area contributed by atoms with Gasteiger partial charge in [0.05, 0.1) is 0 Å². The van der Waals surface area contributed by atoms with Crippen LogP contribution >= 0.6 is 0 Å². The van der Waals surface area contributed by atoms with E-state index in [1.54, 1.807) is 6.26 Å². The van der Waals surface area contributed by atoms with E-state index in [-0.39, 0.29) is 0 Å². The lowest BCUT2D eigenvalue weighted by Crippen LogP contribution is -2.55. The second kappa shape index (κ2) is 4.93. The van der Waals surface area contributed by atoms with E-state index in [0.29, 0.717) is 12.1 Å². The summed E-state index contributed by atoms with van der Waals surface area (Å²) in [5.41, 5.74) is 0. The van der Waals surface area contributed by atoms with Gasteiger partial charge in [-0.15, -0.1) is 0 Å². The van der Waals surface area contributed by atoms with Crippen LogP contribution in [0.3, 0.4) is 0 Å². The van der Waals surface area contributed by atoms with Crippen molar-refractivity contribution in [1.29, 1.82) is 0 Å². The Labute approximate surface area is 95.1 Å². The van der Waals surface area contributed by atoms with Crippen LogP contribution in [0.25, 0.3) is 0 Å². The SMILES string of the molecule is CC(CS(C)=O)N1CCNC(C2CC2)C1. The van der Waals surface area contributed by atoms with Crippen molar-refractivity contribution in [2.45, 2.75) is 31.8 Å². The number of hydrogen-bond acceptors (Lipinski definition) is 3. The number of hydrogen-bond donors (Lipinski definition) is 1. The molecule has 1 aliphatic carbocycles. The molecule has 3 nitrogen and oxygen atoms in total. The Morgan fingerprint density at radius 3 is 2.87 bits per heavy atom. The molecule has 0 aromatic carbocycles. The minimum Gasteiger partial charge on any atom is -0.311 e. The standard InChI is InChI=1S/C11H22N2OS/c1-9(8-15(2)14)13-6-5-12-11(7-13)10-3-4-10/h9-12H,3-8H2,1-2H3. The molecule has 2 aliphatic rings. The summed E-state index contributed by atoms with van der Waals surface area (Å²) in [6, 6.07) is 1.17. The van der Waals surface area contributed by atoms with E-state index in [0.717, 1.165) is 31.3 Å². The highest BCUT2D eigenvalue weighted by Gasteiger charge is 2.34. The summed E-state index contributed by atoms with van der Waals surface area (Å²) in [6.07, 6.45) is 4.61. The van der Waals surface area contributed by atoms with Crippen LogP contribution in [0, 0.1) is 5.92 Å². The third-order valence-corrected chi connectivity index (χ3v) is 4.48. The zero-order valence-corrected chi connectivity index (χ0v) is 10.6. The lowest BCUT2D eigenvalue weighted by Gasteiger charge is -2.37. The van der Waals surface area contributed by atoms with Crippen LogP contribution in [0.2, 0.25) is 0 Å². The molecule has 1 N–H and O–H groups in total. The second-order valence-corrected chi connectivity index (χ2v) is 6.46. The van der Waals surface area contributed by atoms with E-state index in [2.05, 4.69) is 17.1 Å². The minimum absolute atomic E-state index is 0.471. The summed E-state index contributed by atoms with van der Waals surface area (Å²) < 4.78 is 11.2. The quantitative estimate of drug-likeness (QED) is 0.760. The van der Waals surface area contributed by atoms with Crippen molar-refractivity contribution in [3.8, 4) is 0 Å². The smallest absolute Gasteiger partial charge is 0.0385 e. The molecule has 15 heavy (non-hydrogen) atoms. The highest BCUT2D eigenvalue weighted by Crippen LogP contribution is 2.33. The van der Waals surface area contributed by atoms with Crippen molar-refractivity contribution in [3.63, 3.8) is 0 Å². The van der Waals surface area contributed by atoms with E-state index >= 15 is 0 Å². The Balaban J connectivity index is 1.82. The van der Waals surface area contributed by atoms with Gasteiger partial charge in [0.1, 0.15) is 0 Å². The Morgan fingerprint density at radius 2 is 2.27 bits per heavy atom. The third kappa shape index (κ3) is 3.26. The first kappa shape index (κ1) is 11.6. The molecule has 0 bridgehead atoms. The summed E-state index contributed by atoms with van der Waals surface area (Å²) in [7, 11) is -0.666. The van der Waals surface area contributed by atoms with Gasteiger partial charge in [0, 0.05) is 54.5 Å². The average molecular weight is 230 g/mol. The molecule has 0 spiro atoms. The Kier molecular flexibility index (Phi) is 3.80. The summed E-state index contributed by atoms with van der Waals surface area (Å²) in [5, 5.41) is 3.60. The molecule has 0 aromatic heterocycles. The van der Waals surface area contributed by atoms with Gasteiger partial charge in [-0.05, 0) is 25.7 Å². The molecule has 2 fully saturated rings. The fourth-order valence-electron chi connectivity index (χ4n) is 2.46. The van der Waals surface area contributed by atoms with Crippen molar-refractivity contribution in [3.05, 3.63) is 0 Å². The highest BCUT2D eigenvalue weighted by atomic mass is 32.2. The van der Waals surface area contributed by atoms with Gasteiger partial charge in [0.15, 0.2) is 0 Å². The summed E-state index contributed by atoms with van der Waals surface area (Å²) in [4.78, 5) is 2.50. The molecule has 1 heterocycles. The molecule has 0 aromatic rings. The summed E-state index contributed by atoms with van der Waals surface area (Å²) >= 11 is 0. The van der Waals surface area contributed by atoms with Crippen molar-refractivity contribution in [1.82, 2.24) is 10.2 Å². The Morgan fingerprint density at radius 1 is 1.53 bits per heavy atom. The van der Waals surface area contributed by atoms with Gasteiger partial charge in [-0.1, -0.05) is 0 Å². The highest BCUT2D eigenvalue weighted by molar-refractivity contribution is 7.84. The summed E-state index contributed by atoms with van der Waals surface area (Å²) in [5.74, 6) is 1.74. The fraction of sp³-hybridized carbons (Fsp3) is 1.00. The molecule has 0 amide bonds. The molecule has 4 heteroatoms. The minimum atomic E-state index is -0.666. The first-order chi connectivity index (χ1) is 7.16. The van der Waals surface area contributed by atoms with E-state index in [9.17, 15) is 4.21 Å². The van der Waals surface area contributed by atoms with E-state index in [4.69, 9.17) is 0 Å². The van der Waals surface area contributed by atoms with Crippen LogP contribution in [0.4, 0.5) is 0 Å². The first-order valence-corrected chi connectivity index (χ1v) is 7.67. The van der Waals surface area contributed by atoms with Crippen LogP contribution < -0.4 is 5.32 Å². The molecule has 1 saturated carbocycles. The number of nitrogens with zero attached hydrogens (tertiary/aromatic N) is 1. The maximum atomic E-state index is 11.2. The molecule has 0 radical (unpaired) electrons. The molecular formula is C11H22N2OS. The lowest BCUT2D eigenvalue weighted by atomic mass is 10.1. The van der Waals surface area contributed by atoms with Crippen molar-refractivity contribution in [2.24, 2.45) is 5.92 Å². The van der Waals surface area contributed by atoms with Crippen LogP contribution in [0.1, 0.15) is 19.8 Å². The Bertz CT molecular complexity index is 243. The average Bonchev–Trinajstić information content (AvgIpc) is 3.00. The number of rotatable bonds is 4. The maximum absolute atomic E-state index is 11.2. The fourth-order valence-corrected chi connectivity index (χ4v) is 3.35. The van der Waals surface area contributed by atoms with Crippen LogP contribution in [-0.4, -0.2) is 52.8 Å². The van der Waals surface area contributed by atoms with Gasteiger partial charge in [0.2, 0.25) is 0 Å². The topological polar surface area (TPSA) is 32.3 Å². The predicted molar refractivity (Wildman–Crippen MR) is 64.5 cm³/mol. The molecule has 88 valence electrons. The van der Waals surface area contributed by atoms with Gasteiger partial charge in [-0.2, -0.15) is 0 Å². The van der Waals surface area contributed by atoms with Crippen LogP contribution in [0.15, 0.2) is 0 Å².